The topological polar surface area (TPSA) is 48.9 Å². The molecule has 0 aromatic rings. The van der Waals surface area contributed by atoms with Crippen LogP contribution in [0.1, 0.15) is 51.4 Å². The van der Waals surface area contributed by atoms with E-state index in [9.17, 15) is 0 Å². The van der Waals surface area contributed by atoms with E-state index in [4.69, 9.17) is 4.74 Å². The van der Waals surface area contributed by atoms with Crippen molar-refractivity contribution in [2.24, 2.45) is 10.9 Å². The normalized spacial score (nSPS) is 27.5. The monoisotopic (exact) mass is 510 g/mol. The highest BCUT2D eigenvalue weighted by Gasteiger charge is 2.40. The fourth-order valence-electron chi connectivity index (χ4n) is 4.67. The molecule has 27 heavy (non-hydrogen) atoms. The largest absolute Gasteiger partial charge is 0.379 e. The van der Waals surface area contributed by atoms with Crippen molar-refractivity contribution in [3.05, 3.63) is 0 Å². The van der Waals surface area contributed by atoms with Gasteiger partial charge in [-0.05, 0) is 24.5 Å². The van der Waals surface area contributed by atoms with Crippen molar-refractivity contribution in [3.63, 3.8) is 0 Å². The molecule has 0 amide bonds. The minimum atomic E-state index is 0. The molecule has 158 valence electrons. The predicted octanol–water partition coefficient (Wildman–Crippen LogP) is 3.34. The number of morpholine rings is 1. The van der Waals surface area contributed by atoms with Crippen LogP contribution in [0.5, 0.6) is 0 Å². The van der Waals surface area contributed by atoms with E-state index >= 15 is 0 Å². The highest BCUT2D eigenvalue weighted by atomic mass is 127. The molecule has 1 atom stereocenters. The molecule has 5 nitrogen and oxygen atoms in total. The Morgan fingerprint density at radius 3 is 2.63 bits per heavy atom. The van der Waals surface area contributed by atoms with Crippen LogP contribution in [0.4, 0.5) is 0 Å². The zero-order valence-electron chi connectivity index (χ0n) is 17.0. The molecule has 0 bridgehead atoms. The lowest BCUT2D eigenvalue weighted by molar-refractivity contribution is -0.0120. The van der Waals surface area contributed by atoms with Crippen molar-refractivity contribution < 1.29 is 4.74 Å². The molecule has 3 fully saturated rings. The summed E-state index contributed by atoms with van der Waals surface area (Å²) >= 11 is 2.09. The lowest BCUT2D eigenvalue weighted by atomic mass is 9.95. The molecule has 2 aliphatic heterocycles. The molecule has 1 saturated carbocycles. The van der Waals surface area contributed by atoms with Crippen molar-refractivity contribution >= 4 is 41.7 Å². The summed E-state index contributed by atoms with van der Waals surface area (Å²) in [7, 11) is 1.89. The van der Waals surface area contributed by atoms with Crippen molar-refractivity contribution in [1.29, 1.82) is 0 Å². The summed E-state index contributed by atoms with van der Waals surface area (Å²) in [5, 5.41) is 7.15. The molecule has 7 heteroatoms. The van der Waals surface area contributed by atoms with Crippen LogP contribution in [0.2, 0.25) is 0 Å². The molecule has 0 aromatic carbocycles. The Labute approximate surface area is 187 Å². The lowest BCUT2D eigenvalue weighted by Gasteiger charge is -2.43. The van der Waals surface area contributed by atoms with Gasteiger partial charge in [-0.15, -0.1) is 24.0 Å². The lowest BCUT2D eigenvalue weighted by Crippen LogP contribution is -2.60. The molecule has 1 aliphatic carbocycles. The summed E-state index contributed by atoms with van der Waals surface area (Å²) in [6.45, 7) is 5.90. The van der Waals surface area contributed by atoms with Crippen LogP contribution in [0, 0.1) is 5.92 Å². The van der Waals surface area contributed by atoms with E-state index in [-0.39, 0.29) is 29.5 Å². The van der Waals surface area contributed by atoms with E-state index in [1.807, 2.05) is 7.05 Å². The first kappa shape index (κ1) is 23.5. The van der Waals surface area contributed by atoms with Gasteiger partial charge in [0.05, 0.1) is 13.2 Å². The Kier molecular flexibility index (Phi) is 11.1. The van der Waals surface area contributed by atoms with Gasteiger partial charge in [0.2, 0.25) is 0 Å². The Hall–Kier alpha value is 0.270. The molecule has 1 unspecified atom stereocenters. The minimum absolute atomic E-state index is 0. The first-order chi connectivity index (χ1) is 12.8. The van der Waals surface area contributed by atoms with Crippen LogP contribution in [0.25, 0.3) is 0 Å². The molecule has 3 aliphatic rings. The summed E-state index contributed by atoms with van der Waals surface area (Å²) in [4.78, 5) is 7.10. The maximum absolute atomic E-state index is 5.56. The van der Waals surface area contributed by atoms with E-state index in [1.165, 1.54) is 62.9 Å². The van der Waals surface area contributed by atoms with Gasteiger partial charge in [0.25, 0.3) is 0 Å². The smallest absolute Gasteiger partial charge is 0.191 e. The van der Waals surface area contributed by atoms with Crippen LogP contribution in [0.3, 0.4) is 0 Å². The Bertz CT molecular complexity index is 434. The van der Waals surface area contributed by atoms with Crippen LogP contribution in [0.15, 0.2) is 4.99 Å². The average Bonchev–Trinajstić information content (AvgIpc) is 3.37. The van der Waals surface area contributed by atoms with Crippen molar-refractivity contribution in [3.8, 4) is 0 Å². The number of guanidine groups is 1. The second-order valence-electron chi connectivity index (χ2n) is 8.13. The molecular formula is C20H39IN4OS. The van der Waals surface area contributed by atoms with Crippen LogP contribution < -0.4 is 10.6 Å². The highest BCUT2D eigenvalue weighted by molar-refractivity contribution is 14.0. The molecule has 0 aromatic heterocycles. The maximum atomic E-state index is 5.56. The van der Waals surface area contributed by atoms with E-state index in [0.29, 0.717) is 0 Å². The van der Waals surface area contributed by atoms with Gasteiger partial charge in [-0.3, -0.25) is 9.89 Å². The van der Waals surface area contributed by atoms with Gasteiger partial charge in [-0.2, -0.15) is 11.8 Å². The van der Waals surface area contributed by atoms with E-state index in [2.05, 4.69) is 32.3 Å². The third-order valence-electron chi connectivity index (χ3n) is 6.38. The Morgan fingerprint density at radius 1 is 1.19 bits per heavy atom. The number of hydrogen-bond acceptors (Lipinski definition) is 4. The van der Waals surface area contributed by atoms with Gasteiger partial charge in [0.15, 0.2) is 5.96 Å². The Balaban J connectivity index is 0.00000261. The van der Waals surface area contributed by atoms with Crippen LogP contribution in [-0.4, -0.2) is 74.3 Å². The van der Waals surface area contributed by atoms with Gasteiger partial charge < -0.3 is 15.4 Å². The van der Waals surface area contributed by atoms with E-state index in [1.54, 1.807) is 0 Å². The first-order valence-corrected chi connectivity index (χ1v) is 11.8. The molecule has 0 radical (unpaired) electrons. The standard InChI is InChI=1S/C20H38N4OS.HI/c1-21-19(22-10-5-4-8-18-6-2-3-7-18)23-16-20(9-15-26-17-20)24-11-13-25-14-12-24;/h18H,2-17H2,1H3,(H2,21,22,23);1H. The number of rotatable bonds is 8. The molecule has 2 saturated heterocycles. The zero-order valence-corrected chi connectivity index (χ0v) is 20.2. The fraction of sp³-hybridized carbons (Fsp3) is 0.950. The number of nitrogens with one attached hydrogen (secondary N) is 2. The molecule has 0 spiro atoms. The van der Waals surface area contributed by atoms with Crippen LogP contribution >= 0.6 is 35.7 Å². The first-order valence-electron chi connectivity index (χ1n) is 10.7. The van der Waals surface area contributed by atoms with Crippen molar-refractivity contribution in [2.45, 2.75) is 56.9 Å². The molecular weight excluding hydrogens is 471 g/mol. The second-order valence-corrected chi connectivity index (χ2v) is 9.23. The van der Waals surface area contributed by atoms with Crippen LogP contribution in [-0.2, 0) is 4.74 Å². The summed E-state index contributed by atoms with van der Waals surface area (Å²) < 4.78 is 5.56. The second kappa shape index (κ2) is 12.8. The molecule has 2 heterocycles. The van der Waals surface area contributed by atoms with Gasteiger partial charge >= 0.3 is 0 Å². The highest BCUT2D eigenvalue weighted by Crippen LogP contribution is 2.33. The van der Waals surface area contributed by atoms with Gasteiger partial charge in [0.1, 0.15) is 0 Å². The Morgan fingerprint density at radius 2 is 1.96 bits per heavy atom. The van der Waals surface area contributed by atoms with E-state index < -0.39 is 0 Å². The zero-order chi connectivity index (χ0) is 18.1. The fourth-order valence-corrected chi connectivity index (χ4v) is 6.15. The third kappa shape index (κ3) is 7.23. The number of thioether (sulfide) groups is 1. The number of ether oxygens (including phenoxy) is 1. The number of halogens is 1. The summed E-state index contributed by atoms with van der Waals surface area (Å²) in [6, 6.07) is 0. The molecule has 2 N–H and O–H groups in total. The summed E-state index contributed by atoms with van der Waals surface area (Å²) in [5.41, 5.74) is 0.272. The van der Waals surface area contributed by atoms with Crippen molar-refractivity contribution in [2.75, 3.05) is 57.9 Å². The predicted molar refractivity (Wildman–Crippen MR) is 128 cm³/mol. The number of nitrogens with zero attached hydrogens (tertiary/aromatic N) is 2. The quantitative estimate of drug-likeness (QED) is 0.227. The van der Waals surface area contributed by atoms with Gasteiger partial charge in [0, 0.05) is 44.5 Å². The molecule has 3 rings (SSSR count). The summed E-state index contributed by atoms with van der Waals surface area (Å²) in [6.07, 6.45) is 11.2. The van der Waals surface area contributed by atoms with Gasteiger partial charge in [-0.1, -0.05) is 38.5 Å². The van der Waals surface area contributed by atoms with Crippen molar-refractivity contribution in [1.82, 2.24) is 15.5 Å². The third-order valence-corrected chi connectivity index (χ3v) is 7.61. The van der Waals surface area contributed by atoms with E-state index in [0.717, 1.165) is 51.3 Å². The maximum Gasteiger partial charge on any atom is 0.191 e. The number of aliphatic imine (C=N–C) groups is 1. The number of hydrogen-bond donors (Lipinski definition) is 2. The summed E-state index contributed by atoms with van der Waals surface area (Å²) in [5.74, 6) is 4.47. The van der Waals surface area contributed by atoms with Gasteiger partial charge in [-0.25, -0.2) is 0 Å². The average molecular weight is 511 g/mol. The minimum Gasteiger partial charge on any atom is -0.379 e. The SMILES string of the molecule is CN=C(NCCCCC1CCCC1)NCC1(N2CCOCC2)CCSC1.I. The number of unbranched alkanes of at least 4 members (excludes halogenated alkanes) is 1.